The van der Waals surface area contributed by atoms with Crippen molar-refractivity contribution >= 4 is 17.3 Å². The molecule has 30 heavy (non-hydrogen) atoms. The Labute approximate surface area is 177 Å². The van der Waals surface area contributed by atoms with Crippen LogP contribution in [-0.4, -0.2) is 44.9 Å². The molecule has 0 radical (unpaired) electrons. The van der Waals surface area contributed by atoms with Crippen LogP contribution in [0.15, 0.2) is 34.6 Å². The van der Waals surface area contributed by atoms with E-state index in [9.17, 15) is 13.2 Å². The molecule has 2 aromatic rings. The van der Waals surface area contributed by atoms with Crippen LogP contribution in [0, 0.1) is 0 Å². The summed E-state index contributed by atoms with van der Waals surface area (Å²) in [5, 5.41) is 7.74. The van der Waals surface area contributed by atoms with E-state index in [0.717, 1.165) is 35.3 Å². The molecule has 1 aromatic carbocycles. The molecule has 0 spiro atoms. The lowest BCUT2D eigenvalue weighted by Crippen LogP contribution is -2.47. The van der Waals surface area contributed by atoms with Crippen molar-refractivity contribution in [1.29, 1.82) is 0 Å². The molecule has 0 unspecified atom stereocenters. The number of nitrogens with zero attached hydrogens (tertiary/aromatic N) is 2. The molecule has 164 valence electrons. The molecule has 0 saturated carbocycles. The molecule has 0 atom stereocenters. The standard InChI is InChI=1S/C20H25F3N4O2S/c1-24-18(25-11-17-27-16(12-30-17)20(21,22)23)26-13-19(7-9-29-10-8-19)14-3-5-15(28-2)6-4-14/h3-6,12H,7-11,13H2,1-2H3,(H2,24,25,26). The zero-order valence-corrected chi connectivity index (χ0v) is 17.7. The van der Waals surface area contributed by atoms with Crippen LogP contribution < -0.4 is 15.4 Å². The SMILES string of the molecule is CN=C(NCc1nc(C(F)(F)F)cs1)NCC1(c2ccc(OC)cc2)CCOCC1. The molecular formula is C20H25F3N4O2S. The third-order valence-corrected chi connectivity index (χ3v) is 6.07. The first-order valence-corrected chi connectivity index (χ1v) is 10.4. The van der Waals surface area contributed by atoms with Gasteiger partial charge in [-0.05, 0) is 30.5 Å². The quantitative estimate of drug-likeness (QED) is 0.529. The van der Waals surface area contributed by atoms with E-state index in [1.165, 1.54) is 5.56 Å². The maximum Gasteiger partial charge on any atom is 0.434 e. The van der Waals surface area contributed by atoms with Gasteiger partial charge in [0.15, 0.2) is 11.7 Å². The summed E-state index contributed by atoms with van der Waals surface area (Å²) >= 11 is 0.970. The van der Waals surface area contributed by atoms with E-state index in [-0.39, 0.29) is 12.0 Å². The van der Waals surface area contributed by atoms with E-state index in [0.29, 0.717) is 30.7 Å². The number of nitrogens with one attached hydrogen (secondary N) is 2. The molecule has 1 aliphatic heterocycles. The number of rotatable bonds is 6. The van der Waals surface area contributed by atoms with Gasteiger partial charge in [-0.25, -0.2) is 4.98 Å². The number of thiazole rings is 1. The third-order valence-electron chi connectivity index (χ3n) is 5.22. The number of benzene rings is 1. The topological polar surface area (TPSA) is 67.8 Å². The molecule has 2 heterocycles. The molecule has 1 aliphatic rings. The van der Waals surface area contributed by atoms with Crippen molar-refractivity contribution in [3.63, 3.8) is 0 Å². The van der Waals surface area contributed by atoms with Crippen LogP contribution in [0.25, 0.3) is 0 Å². The molecule has 0 amide bonds. The zero-order chi connectivity index (χ0) is 21.6. The van der Waals surface area contributed by atoms with Crippen LogP contribution in [0.2, 0.25) is 0 Å². The minimum absolute atomic E-state index is 0.132. The van der Waals surface area contributed by atoms with Crippen molar-refractivity contribution in [2.75, 3.05) is 33.9 Å². The summed E-state index contributed by atoms with van der Waals surface area (Å²) in [7, 11) is 3.26. The fraction of sp³-hybridized carbons (Fsp3) is 0.500. The van der Waals surface area contributed by atoms with Crippen molar-refractivity contribution in [2.45, 2.75) is 31.0 Å². The second-order valence-electron chi connectivity index (χ2n) is 7.02. The number of aliphatic imine (C=N–C) groups is 1. The second-order valence-corrected chi connectivity index (χ2v) is 7.97. The van der Waals surface area contributed by atoms with Crippen LogP contribution in [0.4, 0.5) is 13.2 Å². The minimum atomic E-state index is -4.43. The number of alkyl halides is 3. The van der Waals surface area contributed by atoms with E-state index in [2.05, 4.69) is 32.7 Å². The van der Waals surface area contributed by atoms with E-state index < -0.39 is 11.9 Å². The van der Waals surface area contributed by atoms with Gasteiger partial charge in [0.05, 0.1) is 13.7 Å². The number of ether oxygens (including phenoxy) is 2. The van der Waals surface area contributed by atoms with Crippen LogP contribution in [-0.2, 0) is 22.9 Å². The van der Waals surface area contributed by atoms with Crippen LogP contribution in [0.3, 0.4) is 0 Å². The Morgan fingerprint density at radius 2 is 1.93 bits per heavy atom. The zero-order valence-electron chi connectivity index (χ0n) is 16.9. The van der Waals surface area contributed by atoms with Gasteiger partial charge < -0.3 is 20.1 Å². The van der Waals surface area contributed by atoms with E-state index >= 15 is 0 Å². The molecule has 10 heteroatoms. The Bertz CT molecular complexity index is 846. The van der Waals surface area contributed by atoms with Crippen molar-refractivity contribution in [3.05, 3.63) is 45.9 Å². The highest BCUT2D eigenvalue weighted by molar-refractivity contribution is 7.09. The lowest BCUT2D eigenvalue weighted by molar-refractivity contribution is -0.140. The van der Waals surface area contributed by atoms with Gasteiger partial charge in [0.2, 0.25) is 0 Å². The largest absolute Gasteiger partial charge is 0.497 e. The van der Waals surface area contributed by atoms with Gasteiger partial charge >= 0.3 is 6.18 Å². The Hall–Kier alpha value is -2.33. The first-order valence-electron chi connectivity index (χ1n) is 9.55. The normalized spacial score (nSPS) is 16.9. The van der Waals surface area contributed by atoms with Gasteiger partial charge in [0.25, 0.3) is 0 Å². The molecule has 1 saturated heterocycles. The fourth-order valence-corrected chi connectivity index (χ4v) is 4.17. The monoisotopic (exact) mass is 442 g/mol. The summed E-state index contributed by atoms with van der Waals surface area (Å²) < 4.78 is 49.0. The summed E-state index contributed by atoms with van der Waals surface area (Å²) in [5.41, 5.74) is 0.185. The van der Waals surface area contributed by atoms with E-state index in [1.54, 1.807) is 14.2 Å². The summed E-state index contributed by atoms with van der Waals surface area (Å²) in [5.74, 6) is 1.31. The fourth-order valence-electron chi connectivity index (χ4n) is 3.43. The number of methoxy groups -OCH3 is 1. The molecule has 0 aliphatic carbocycles. The highest BCUT2D eigenvalue weighted by atomic mass is 32.1. The predicted octanol–water partition coefficient (Wildman–Crippen LogP) is 3.58. The van der Waals surface area contributed by atoms with Crippen molar-refractivity contribution in [1.82, 2.24) is 15.6 Å². The maximum atomic E-state index is 12.7. The lowest BCUT2D eigenvalue weighted by Gasteiger charge is -2.38. The minimum Gasteiger partial charge on any atom is -0.497 e. The Kier molecular flexibility index (Phi) is 7.19. The summed E-state index contributed by atoms with van der Waals surface area (Å²) in [6, 6.07) is 8.02. The molecule has 0 bridgehead atoms. The predicted molar refractivity (Wildman–Crippen MR) is 110 cm³/mol. The van der Waals surface area contributed by atoms with Gasteiger partial charge in [-0.2, -0.15) is 13.2 Å². The average molecular weight is 443 g/mol. The number of guanidine groups is 1. The van der Waals surface area contributed by atoms with Gasteiger partial charge in [-0.3, -0.25) is 4.99 Å². The highest BCUT2D eigenvalue weighted by Crippen LogP contribution is 2.35. The Morgan fingerprint density at radius 1 is 1.23 bits per heavy atom. The maximum absolute atomic E-state index is 12.7. The van der Waals surface area contributed by atoms with Crippen molar-refractivity contribution in [2.24, 2.45) is 4.99 Å². The van der Waals surface area contributed by atoms with Gasteiger partial charge in [0.1, 0.15) is 10.8 Å². The van der Waals surface area contributed by atoms with E-state index in [4.69, 9.17) is 9.47 Å². The first-order chi connectivity index (χ1) is 14.4. The summed E-state index contributed by atoms with van der Waals surface area (Å²) in [6.45, 7) is 2.12. The highest BCUT2D eigenvalue weighted by Gasteiger charge is 2.35. The van der Waals surface area contributed by atoms with Crippen molar-refractivity contribution in [3.8, 4) is 5.75 Å². The summed E-state index contributed by atoms with van der Waals surface area (Å²) in [6.07, 6.45) is -2.72. The molecule has 1 aromatic heterocycles. The van der Waals surface area contributed by atoms with Gasteiger partial charge in [0, 0.05) is 37.6 Å². The van der Waals surface area contributed by atoms with Gasteiger partial charge in [-0.15, -0.1) is 11.3 Å². The number of halogens is 3. The van der Waals surface area contributed by atoms with Gasteiger partial charge in [-0.1, -0.05) is 12.1 Å². The van der Waals surface area contributed by atoms with E-state index in [1.807, 2.05) is 12.1 Å². The Morgan fingerprint density at radius 3 is 2.50 bits per heavy atom. The molecule has 3 rings (SSSR count). The molecule has 1 fully saturated rings. The molecule has 6 nitrogen and oxygen atoms in total. The Balaban J connectivity index is 1.64. The number of hydrogen-bond donors (Lipinski definition) is 2. The third kappa shape index (κ3) is 5.42. The number of hydrogen-bond acceptors (Lipinski definition) is 5. The summed E-state index contributed by atoms with van der Waals surface area (Å²) in [4.78, 5) is 7.83. The van der Waals surface area contributed by atoms with Crippen LogP contribution >= 0.6 is 11.3 Å². The molecular weight excluding hydrogens is 417 g/mol. The molecule has 2 N–H and O–H groups in total. The first kappa shape index (κ1) is 22.4. The number of aromatic nitrogens is 1. The van der Waals surface area contributed by atoms with Crippen LogP contribution in [0.1, 0.15) is 29.1 Å². The second kappa shape index (κ2) is 9.65. The van der Waals surface area contributed by atoms with Crippen LogP contribution in [0.5, 0.6) is 5.75 Å². The van der Waals surface area contributed by atoms with Crippen molar-refractivity contribution < 1.29 is 22.6 Å². The average Bonchev–Trinajstić information content (AvgIpc) is 3.24. The smallest absolute Gasteiger partial charge is 0.434 e. The lowest BCUT2D eigenvalue weighted by atomic mass is 9.74.